The quantitative estimate of drug-likeness (QED) is 0.0247. The number of imide groups is 1. The van der Waals surface area contributed by atoms with E-state index in [9.17, 15) is 64.9 Å². The molecule has 5 atom stereocenters. The molecule has 25 nitrogen and oxygen atoms in total. The number of carbonyl (C=O) groups is 8. The summed E-state index contributed by atoms with van der Waals surface area (Å²) < 4.78 is 90.9. The predicted octanol–water partition coefficient (Wildman–Crippen LogP) is 3.06. The fourth-order valence-electron chi connectivity index (χ4n) is 10.8. The second-order valence-corrected chi connectivity index (χ2v) is 25.8. The van der Waals surface area contributed by atoms with Gasteiger partial charge in [0.1, 0.15) is 59.0 Å². The maximum absolute atomic E-state index is 15.5. The van der Waals surface area contributed by atoms with E-state index in [0.717, 1.165) is 39.3 Å². The van der Waals surface area contributed by atoms with Gasteiger partial charge in [-0.25, -0.2) is 27.4 Å². The topological polar surface area (TPSA) is 344 Å². The third kappa shape index (κ3) is 13.9. The summed E-state index contributed by atoms with van der Waals surface area (Å²) in [6.45, 7) is 10.2. The Morgan fingerprint density at radius 2 is 1.67 bits per heavy atom. The Morgan fingerprint density at radius 3 is 2.32 bits per heavy atom. The Morgan fingerprint density at radius 1 is 0.976 bits per heavy atom. The molecule has 8 rings (SSSR count). The molecule has 6 N–H and O–H groups in total. The number of pyridine rings is 1. The zero-order chi connectivity index (χ0) is 62.0. The molecular weight excluding hydrogens is 1150 g/mol. The van der Waals surface area contributed by atoms with Crippen LogP contribution in [0.1, 0.15) is 99.4 Å². The zero-order valence-corrected chi connectivity index (χ0v) is 49.2. The number of hydrogen-bond acceptors (Lipinski definition) is 18. The first kappa shape index (κ1) is 63.1. The molecule has 1 aromatic heterocycles. The van der Waals surface area contributed by atoms with Crippen LogP contribution in [-0.2, 0) is 87.3 Å². The van der Waals surface area contributed by atoms with E-state index < -0.39 is 127 Å². The number of carbonyl (C=O) groups excluding carboxylic acids is 8. The van der Waals surface area contributed by atoms with Gasteiger partial charge in [-0.1, -0.05) is 39.5 Å². The van der Waals surface area contributed by atoms with Crippen molar-refractivity contribution in [3.63, 3.8) is 0 Å². The summed E-state index contributed by atoms with van der Waals surface area (Å²) in [6, 6.07) is 4.19. The third-order valence-corrected chi connectivity index (χ3v) is 17.7. The van der Waals surface area contributed by atoms with Gasteiger partial charge in [0.2, 0.25) is 23.6 Å². The molecule has 456 valence electrons. The summed E-state index contributed by atoms with van der Waals surface area (Å²) in [6.07, 6.45) is 4.59. The molecule has 3 aromatic rings. The number of halogens is 1. The lowest BCUT2D eigenvalue weighted by Crippen LogP contribution is -2.56. The Balaban J connectivity index is 0.848. The predicted molar refractivity (Wildman–Crippen MR) is 303 cm³/mol. The summed E-state index contributed by atoms with van der Waals surface area (Å²) in [5.41, 5.74) is 3.78. The molecule has 4 aliphatic heterocycles. The average Bonchev–Trinajstić information content (AvgIpc) is 1.88. The maximum Gasteiger partial charge on any atom is 0.411 e. The Hall–Kier alpha value is -7.92. The molecule has 85 heavy (non-hydrogen) atoms. The monoisotopic (exact) mass is 1220 g/mol. The van der Waals surface area contributed by atoms with Crippen LogP contribution in [0.5, 0.6) is 0 Å². The molecule has 7 amide bonds. The molecule has 1 unspecified atom stereocenters. The number of benzene rings is 2. The number of amides is 7. The van der Waals surface area contributed by atoms with Crippen molar-refractivity contribution in [3.8, 4) is 0 Å². The van der Waals surface area contributed by atoms with Crippen molar-refractivity contribution in [1.29, 1.82) is 0 Å². The fraction of sp³-hybridized carbons (Fsp3) is 0.456. The molecule has 2 aromatic carbocycles. The molecule has 0 radical (unpaired) electrons. The summed E-state index contributed by atoms with van der Waals surface area (Å²) >= 11 is 0. The van der Waals surface area contributed by atoms with Crippen LogP contribution < -0.4 is 21.3 Å². The number of esters is 1. The number of hydrogen-bond donors (Lipinski definition) is 6. The number of cyclic esters (lactones) is 1. The van der Waals surface area contributed by atoms with Crippen LogP contribution in [-0.4, -0.2) is 162 Å². The molecule has 28 heteroatoms. The van der Waals surface area contributed by atoms with Crippen LogP contribution >= 0.6 is 0 Å². The fourth-order valence-corrected chi connectivity index (χ4v) is 12.2. The van der Waals surface area contributed by atoms with Gasteiger partial charge in [0.15, 0.2) is 5.25 Å². The number of aromatic nitrogens is 1. The summed E-state index contributed by atoms with van der Waals surface area (Å²) in [4.78, 5) is 113. The van der Waals surface area contributed by atoms with Gasteiger partial charge >= 0.3 is 12.1 Å². The van der Waals surface area contributed by atoms with Crippen molar-refractivity contribution in [2.45, 2.75) is 115 Å². The number of aliphatic hydroxyl groups is 1. The van der Waals surface area contributed by atoms with Crippen LogP contribution in [0.15, 0.2) is 72.0 Å². The third-order valence-electron chi connectivity index (χ3n) is 15.6. The van der Waals surface area contributed by atoms with Gasteiger partial charge < -0.3 is 45.5 Å². The number of unbranched alkanes of at least 4 members (excludes halogenated alkanes) is 1. The number of aryl methyl sites for hydroxylation is 1. The van der Waals surface area contributed by atoms with Gasteiger partial charge in [-0.2, -0.15) is 8.42 Å². The van der Waals surface area contributed by atoms with Gasteiger partial charge in [0, 0.05) is 66.3 Å². The highest BCUT2D eigenvalue weighted by atomic mass is 32.2. The molecule has 5 heterocycles. The van der Waals surface area contributed by atoms with E-state index in [1.807, 2.05) is 4.90 Å². The molecule has 0 saturated carbocycles. The van der Waals surface area contributed by atoms with E-state index >= 15 is 4.39 Å². The van der Waals surface area contributed by atoms with E-state index in [2.05, 4.69) is 27.8 Å². The molecule has 0 bridgehead atoms. The van der Waals surface area contributed by atoms with E-state index in [1.54, 1.807) is 33.8 Å². The van der Waals surface area contributed by atoms with Crippen molar-refractivity contribution in [1.82, 2.24) is 35.6 Å². The Labute approximate surface area is 489 Å². The number of rotatable bonds is 24. The number of nitrogens with one attached hydrogen (secondary N) is 4. The van der Waals surface area contributed by atoms with Crippen molar-refractivity contribution >= 4 is 89.7 Å². The molecule has 0 fully saturated rings. The highest BCUT2D eigenvalue weighted by molar-refractivity contribution is 7.90. The summed E-state index contributed by atoms with van der Waals surface area (Å²) in [5.74, 6) is -6.59. The lowest BCUT2D eigenvalue weighted by atomic mass is 9.81. The van der Waals surface area contributed by atoms with Crippen LogP contribution in [0.3, 0.4) is 0 Å². The minimum atomic E-state index is -4.96. The first-order chi connectivity index (χ1) is 40.0. The van der Waals surface area contributed by atoms with Crippen LogP contribution in [0.4, 0.5) is 14.9 Å². The maximum atomic E-state index is 15.5. The Bertz CT molecular complexity index is 3610. The van der Waals surface area contributed by atoms with Crippen LogP contribution in [0, 0.1) is 18.7 Å². The van der Waals surface area contributed by atoms with E-state index in [-0.39, 0.29) is 75.5 Å². The van der Waals surface area contributed by atoms with Gasteiger partial charge in [-0.3, -0.25) is 43.1 Å². The highest BCUT2D eigenvalue weighted by Crippen LogP contribution is 2.49. The first-order valence-corrected chi connectivity index (χ1v) is 31.0. The van der Waals surface area contributed by atoms with Crippen molar-refractivity contribution in [2.75, 3.05) is 50.3 Å². The van der Waals surface area contributed by atoms with Crippen molar-refractivity contribution < 1.29 is 83.5 Å². The van der Waals surface area contributed by atoms with Crippen LogP contribution in [0.25, 0.3) is 16.6 Å². The lowest BCUT2D eigenvalue weighted by molar-refractivity contribution is -0.140. The number of sulfone groups is 1. The minimum Gasteiger partial charge on any atom is -0.444 e. The SMILES string of the molecule is C=C1OC(=O)C2=C(C=C3c4nc5cc(F)c(C)c6c5c(c4CN3C2)[C@@H](NC(=O)COCN(CCS(C)(=O)=O)C(=O)OCc2ccc(NC(=O)[C@H](C)NC(=O)[C@@H](NC(=O)C(CCCCN3C(=O)C=CC3=O)S(=O)(=O)O)C(C)C)cc2)CC6)[C@@]1(O)CC. The van der Waals surface area contributed by atoms with Crippen LogP contribution in [0.2, 0.25) is 0 Å². The highest BCUT2D eigenvalue weighted by Gasteiger charge is 2.48. The standard InChI is InChI=1S/C57H67FN8O17S2/c1-8-57(75)33(6)83-55(73)37-25-65-26-38-49-41(17-16-36-31(4)40(58)24-42(48(36)49)62-51(38)43(65)23-39(37)57)61-45(67)28-81-29-64(21-22-84(7,76)77)56(74)82-27-34-12-14-35(15-13-34)60-52(70)32(5)59-54(72)50(30(2)3)63-53(71)44(85(78,79)80)11-9-10-20-66-46(68)18-19-47(66)69/h12-15,18-19,23-24,30,32,41,44,50,75H,6,8-11,16-17,20-22,25-29H2,1-5,7H3,(H,59,72)(H,60,70)(H,61,67)(H,63,71)(H,78,79,80)/t32-,41-,44?,50-,57+/m0/s1. The number of anilines is 1. The van der Waals surface area contributed by atoms with Gasteiger partial charge in [-0.05, 0) is 98.8 Å². The summed E-state index contributed by atoms with van der Waals surface area (Å²) in [5, 5.41) is 20.9. The zero-order valence-electron chi connectivity index (χ0n) is 47.6. The van der Waals surface area contributed by atoms with E-state index in [0.29, 0.717) is 57.4 Å². The number of nitrogens with zero attached hydrogens (tertiary/aromatic N) is 4. The second-order valence-electron chi connectivity index (χ2n) is 21.9. The molecule has 0 spiro atoms. The van der Waals surface area contributed by atoms with Gasteiger partial charge in [0.25, 0.3) is 21.9 Å². The minimum absolute atomic E-state index is 0.0164. The van der Waals surface area contributed by atoms with Crippen molar-refractivity contribution in [2.24, 2.45) is 5.92 Å². The number of ether oxygens (including phenoxy) is 3. The van der Waals surface area contributed by atoms with Gasteiger partial charge in [0.05, 0.1) is 40.8 Å². The van der Waals surface area contributed by atoms with E-state index in [1.165, 1.54) is 37.3 Å². The smallest absolute Gasteiger partial charge is 0.411 e. The Kier molecular flexibility index (Phi) is 18.8. The van der Waals surface area contributed by atoms with Crippen molar-refractivity contribution in [3.05, 3.63) is 111 Å². The molecular formula is C57H67FN8O17S2. The molecule has 0 saturated heterocycles. The normalized spacial score (nSPS) is 19.2. The lowest BCUT2D eigenvalue weighted by Gasteiger charge is -2.39. The second kappa shape index (κ2) is 25.3. The first-order valence-electron chi connectivity index (χ1n) is 27.4. The molecule has 5 aliphatic rings. The molecule has 1 aliphatic carbocycles. The summed E-state index contributed by atoms with van der Waals surface area (Å²) in [7, 11) is -8.56. The largest absolute Gasteiger partial charge is 0.444 e. The van der Waals surface area contributed by atoms with Gasteiger partial charge in [-0.15, -0.1) is 0 Å². The van der Waals surface area contributed by atoms with E-state index in [4.69, 9.17) is 19.2 Å². The number of fused-ring (bicyclic) bond motifs is 4. The average molecular weight is 1220 g/mol.